The van der Waals surface area contributed by atoms with E-state index in [0.29, 0.717) is 12.7 Å². The van der Waals surface area contributed by atoms with Crippen LogP contribution in [-0.4, -0.2) is 24.9 Å². The molecule has 1 unspecified atom stereocenters. The second kappa shape index (κ2) is 11.0. The first-order chi connectivity index (χ1) is 6.81. The first kappa shape index (κ1) is 13.9. The van der Waals surface area contributed by atoms with Gasteiger partial charge < -0.3 is 9.84 Å². The standard InChI is InChI=1S/C12H26O2/c1-12(14-2)10-8-6-4-3-5-7-9-11-13/h12-13H,3-11H2,1-2H3. The van der Waals surface area contributed by atoms with Crippen molar-refractivity contribution in [2.75, 3.05) is 13.7 Å². The Labute approximate surface area is 88.7 Å². The van der Waals surface area contributed by atoms with Gasteiger partial charge in [-0.3, -0.25) is 0 Å². The molecule has 0 amide bonds. The summed E-state index contributed by atoms with van der Waals surface area (Å²) in [6, 6.07) is 0. The van der Waals surface area contributed by atoms with Crippen LogP contribution in [0.5, 0.6) is 0 Å². The van der Waals surface area contributed by atoms with E-state index in [4.69, 9.17) is 9.84 Å². The van der Waals surface area contributed by atoms with Crippen molar-refractivity contribution in [3.05, 3.63) is 0 Å². The van der Waals surface area contributed by atoms with Crippen LogP contribution in [0.25, 0.3) is 0 Å². The Morgan fingerprint density at radius 3 is 1.93 bits per heavy atom. The third kappa shape index (κ3) is 10.0. The lowest BCUT2D eigenvalue weighted by Gasteiger charge is -2.08. The lowest BCUT2D eigenvalue weighted by Crippen LogP contribution is -2.03. The summed E-state index contributed by atoms with van der Waals surface area (Å²) in [5.74, 6) is 0. The van der Waals surface area contributed by atoms with E-state index in [-0.39, 0.29) is 0 Å². The summed E-state index contributed by atoms with van der Waals surface area (Å²) in [5, 5.41) is 8.58. The molecule has 0 aromatic rings. The van der Waals surface area contributed by atoms with Crippen molar-refractivity contribution in [3.8, 4) is 0 Å². The first-order valence-corrected chi connectivity index (χ1v) is 5.95. The molecule has 0 radical (unpaired) electrons. The summed E-state index contributed by atoms with van der Waals surface area (Å²) < 4.78 is 5.18. The number of methoxy groups -OCH3 is 1. The van der Waals surface area contributed by atoms with Gasteiger partial charge in [-0.15, -0.1) is 0 Å². The Morgan fingerprint density at radius 1 is 0.929 bits per heavy atom. The number of aliphatic hydroxyl groups is 1. The number of hydrogen-bond donors (Lipinski definition) is 1. The summed E-state index contributed by atoms with van der Waals surface area (Å²) in [6.07, 6.45) is 10.3. The molecule has 0 spiro atoms. The van der Waals surface area contributed by atoms with Gasteiger partial charge in [0, 0.05) is 13.7 Å². The maximum Gasteiger partial charge on any atom is 0.0543 e. The van der Waals surface area contributed by atoms with Gasteiger partial charge in [-0.05, 0) is 19.8 Å². The zero-order chi connectivity index (χ0) is 10.6. The fraction of sp³-hybridized carbons (Fsp3) is 1.00. The highest BCUT2D eigenvalue weighted by atomic mass is 16.5. The van der Waals surface area contributed by atoms with E-state index >= 15 is 0 Å². The zero-order valence-corrected chi connectivity index (χ0v) is 9.80. The van der Waals surface area contributed by atoms with E-state index in [1.54, 1.807) is 7.11 Å². The molecule has 0 aliphatic rings. The van der Waals surface area contributed by atoms with Gasteiger partial charge in [0.15, 0.2) is 0 Å². The second-order valence-electron chi connectivity index (χ2n) is 4.03. The van der Waals surface area contributed by atoms with Crippen molar-refractivity contribution in [1.82, 2.24) is 0 Å². The Kier molecular flexibility index (Phi) is 10.9. The molecule has 0 aliphatic carbocycles. The Balaban J connectivity index is 2.92. The molecule has 0 heterocycles. The molecule has 14 heavy (non-hydrogen) atoms. The number of rotatable bonds is 10. The van der Waals surface area contributed by atoms with Crippen LogP contribution in [0.1, 0.15) is 58.3 Å². The number of hydrogen-bond acceptors (Lipinski definition) is 2. The largest absolute Gasteiger partial charge is 0.396 e. The quantitative estimate of drug-likeness (QED) is 0.551. The fourth-order valence-corrected chi connectivity index (χ4v) is 1.55. The molecule has 0 aliphatic heterocycles. The van der Waals surface area contributed by atoms with E-state index < -0.39 is 0 Å². The van der Waals surface area contributed by atoms with Crippen LogP contribution in [-0.2, 0) is 4.74 Å². The summed E-state index contributed by atoms with van der Waals surface area (Å²) in [4.78, 5) is 0. The Bertz CT molecular complexity index is 104. The average molecular weight is 202 g/mol. The van der Waals surface area contributed by atoms with Crippen molar-refractivity contribution in [3.63, 3.8) is 0 Å². The molecular weight excluding hydrogens is 176 g/mol. The van der Waals surface area contributed by atoms with Crippen LogP contribution in [0.4, 0.5) is 0 Å². The normalized spacial score (nSPS) is 13.1. The molecule has 2 nitrogen and oxygen atoms in total. The Hall–Kier alpha value is -0.0800. The molecule has 1 N–H and O–H groups in total. The summed E-state index contributed by atoms with van der Waals surface area (Å²) in [5.41, 5.74) is 0. The minimum Gasteiger partial charge on any atom is -0.396 e. The predicted octanol–water partition coefficient (Wildman–Crippen LogP) is 3.13. The lowest BCUT2D eigenvalue weighted by atomic mass is 10.1. The number of ether oxygens (including phenoxy) is 1. The van der Waals surface area contributed by atoms with Gasteiger partial charge in [0.1, 0.15) is 0 Å². The van der Waals surface area contributed by atoms with Crippen LogP contribution in [0.3, 0.4) is 0 Å². The average Bonchev–Trinajstić information content (AvgIpc) is 2.21. The van der Waals surface area contributed by atoms with Crippen LogP contribution in [0.15, 0.2) is 0 Å². The highest BCUT2D eigenvalue weighted by molar-refractivity contribution is 4.51. The third-order valence-electron chi connectivity index (χ3n) is 2.67. The van der Waals surface area contributed by atoms with Gasteiger partial charge in [0.25, 0.3) is 0 Å². The van der Waals surface area contributed by atoms with E-state index in [2.05, 4.69) is 6.92 Å². The SMILES string of the molecule is COC(C)CCCCCCCCCO. The molecule has 0 aromatic heterocycles. The first-order valence-electron chi connectivity index (χ1n) is 5.95. The van der Waals surface area contributed by atoms with Gasteiger partial charge >= 0.3 is 0 Å². The van der Waals surface area contributed by atoms with Gasteiger partial charge in [-0.25, -0.2) is 0 Å². The van der Waals surface area contributed by atoms with Crippen LogP contribution >= 0.6 is 0 Å². The maximum atomic E-state index is 8.58. The molecule has 0 rings (SSSR count). The monoisotopic (exact) mass is 202 g/mol. The summed E-state index contributed by atoms with van der Waals surface area (Å²) >= 11 is 0. The van der Waals surface area contributed by atoms with Crippen molar-refractivity contribution in [1.29, 1.82) is 0 Å². The summed E-state index contributed by atoms with van der Waals surface area (Å²) in [6.45, 7) is 2.48. The van der Waals surface area contributed by atoms with Gasteiger partial charge in [-0.2, -0.15) is 0 Å². The van der Waals surface area contributed by atoms with Gasteiger partial charge in [-0.1, -0.05) is 38.5 Å². The van der Waals surface area contributed by atoms with Crippen molar-refractivity contribution < 1.29 is 9.84 Å². The fourth-order valence-electron chi connectivity index (χ4n) is 1.55. The minimum atomic E-state index is 0.353. The van der Waals surface area contributed by atoms with Crippen molar-refractivity contribution in [2.45, 2.75) is 64.4 Å². The molecule has 0 saturated heterocycles. The molecule has 86 valence electrons. The Morgan fingerprint density at radius 2 is 1.43 bits per heavy atom. The number of aliphatic hydroxyl groups excluding tert-OH is 1. The smallest absolute Gasteiger partial charge is 0.0543 e. The molecule has 1 atom stereocenters. The molecule has 0 saturated carbocycles. The maximum absolute atomic E-state index is 8.58. The minimum absolute atomic E-state index is 0.353. The van der Waals surface area contributed by atoms with E-state index in [0.717, 1.165) is 6.42 Å². The van der Waals surface area contributed by atoms with Crippen LogP contribution in [0.2, 0.25) is 0 Å². The molecule has 0 fully saturated rings. The zero-order valence-electron chi connectivity index (χ0n) is 9.80. The van der Waals surface area contributed by atoms with Crippen molar-refractivity contribution in [2.24, 2.45) is 0 Å². The molecule has 0 bridgehead atoms. The van der Waals surface area contributed by atoms with Gasteiger partial charge in [0.2, 0.25) is 0 Å². The van der Waals surface area contributed by atoms with Crippen LogP contribution in [0, 0.1) is 0 Å². The molecule has 0 aromatic carbocycles. The summed E-state index contributed by atoms with van der Waals surface area (Å²) in [7, 11) is 1.78. The molecular formula is C12H26O2. The van der Waals surface area contributed by atoms with E-state index in [9.17, 15) is 0 Å². The highest BCUT2D eigenvalue weighted by Crippen LogP contribution is 2.10. The van der Waals surface area contributed by atoms with Gasteiger partial charge in [0.05, 0.1) is 6.10 Å². The highest BCUT2D eigenvalue weighted by Gasteiger charge is 1.98. The topological polar surface area (TPSA) is 29.5 Å². The van der Waals surface area contributed by atoms with Crippen molar-refractivity contribution >= 4 is 0 Å². The third-order valence-corrected chi connectivity index (χ3v) is 2.67. The molecule has 2 heteroatoms. The lowest BCUT2D eigenvalue weighted by molar-refractivity contribution is 0.108. The van der Waals surface area contributed by atoms with E-state index in [1.165, 1.54) is 44.9 Å². The second-order valence-corrected chi connectivity index (χ2v) is 4.03. The number of unbranched alkanes of at least 4 members (excludes halogenated alkanes) is 6. The predicted molar refractivity (Wildman–Crippen MR) is 60.5 cm³/mol. The van der Waals surface area contributed by atoms with Crippen LogP contribution < -0.4 is 0 Å². The van der Waals surface area contributed by atoms with E-state index in [1.807, 2.05) is 0 Å².